The number of hydrogen-bond acceptors (Lipinski definition) is 5. The average molecular weight is 543 g/mol. The fourth-order valence-electron chi connectivity index (χ4n) is 6.09. The Morgan fingerprint density at radius 2 is 1.60 bits per heavy atom. The molecule has 0 unspecified atom stereocenters. The molecule has 1 saturated heterocycles. The SMILES string of the molecule is COc1ccc(-c2ccc(CN(C(=O)C3CCC(O)CC3)c3cccc(N4CCC(OC)CC4)c3)cc2)cc1C. The Hall–Kier alpha value is -3.35. The highest BCUT2D eigenvalue weighted by Crippen LogP contribution is 2.32. The molecule has 5 rings (SSSR count). The third-order valence-corrected chi connectivity index (χ3v) is 8.62. The van der Waals surface area contributed by atoms with Gasteiger partial charge in [0, 0.05) is 37.5 Å². The first-order chi connectivity index (χ1) is 19.4. The van der Waals surface area contributed by atoms with E-state index in [1.165, 1.54) is 0 Å². The average Bonchev–Trinajstić information content (AvgIpc) is 3.00. The predicted octanol–water partition coefficient (Wildman–Crippen LogP) is 6.37. The number of anilines is 2. The van der Waals surface area contributed by atoms with Gasteiger partial charge in [0.05, 0.1) is 25.9 Å². The van der Waals surface area contributed by atoms with Crippen molar-refractivity contribution in [3.63, 3.8) is 0 Å². The highest BCUT2D eigenvalue weighted by molar-refractivity contribution is 5.95. The van der Waals surface area contributed by atoms with E-state index in [2.05, 4.69) is 72.5 Å². The molecule has 212 valence electrons. The Kier molecular flexibility index (Phi) is 9.08. The Balaban J connectivity index is 1.38. The van der Waals surface area contributed by atoms with Gasteiger partial charge in [-0.3, -0.25) is 4.79 Å². The maximum absolute atomic E-state index is 14.0. The molecule has 0 aromatic heterocycles. The summed E-state index contributed by atoms with van der Waals surface area (Å²) in [7, 11) is 3.48. The summed E-state index contributed by atoms with van der Waals surface area (Å²) < 4.78 is 11.0. The van der Waals surface area contributed by atoms with E-state index in [4.69, 9.17) is 9.47 Å². The van der Waals surface area contributed by atoms with E-state index >= 15 is 0 Å². The molecule has 6 nitrogen and oxygen atoms in total. The number of carbonyl (C=O) groups excluding carboxylic acids is 1. The molecule has 0 bridgehead atoms. The van der Waals surface area contributed by atoms with Gasteiger partial charge >= 0.3 is 0 Å². The second-order valence-electron chi connectivity index (χ2n) is 11.3. The molecule has 0 radical (unpaired) electrons. The van der Waals surface area contributed by atoms with Crippen LogP contribution in [0.3, 0.4) is 0 Å². The Bertz CT molecular complexity index is 1280. The van der Waals surface area contributed by atoms with Gasteiger partial charge in [-0.25, -0.2) is 0 Å². The zero-order chi connectivity index (χ0) is 28.1. The molecular weight excluding hydrogens is 500 g/mol. The lowest BCUT2D eigenvalue weighted by Gasteiger charge is -2.34. The van der Waals surface area contributed by atoms with Gasteiger partial charge in [0.1, 0.15) is 5.75 Å². The zero-order valence-electron chi connectivity index (χ0n) is 24.0. The molecule has 0 atom stereocenters. The first-order valence-corrected chi connectivity index (χ1v) is 14.6. The fraction of sp³-hybridized carbons (Fsp3) is 0.441. The minimum absolute atomic E-state index is 0.0638. The lowest BCUT2D eigenvalue weighted by atomic mass is 9.86. The molecule has 2 aliphatic rings. The molecule has 1 heterocycles. The van der Waals surface area contributed by atoms with Gasteiger partial charge in [-0.05, 0) is 98.0 Å². The molecule has 1 aliphatic carbocycles. The van der Waals surface area contributed by atoms with Crippen LogP contribution in [0, 0.1) is 12.8 Å². The third-order valence-electron chi connectivity index (χ3n) is 8.62. The standard InChI is InChI=1S/C34H42N2O4/c1-24-21-28(13-16-33(24)40-3)26-9-7-25(8-10-26)23-36(34(38)27-11-14-31(37)15-12-27)30-6-4-5-29(22-30)35-19-17-32(39-2)18-20-35/h4-10,13,16,21-22,27,31-32,37H,11-12,14-15,17-20,23H2,1-3H3. The third kappa shape index (κ3) is 6.51. The summed E-state index contributed by atoms with van der Waals surface area (Å²) >= 11 is 0. The number of aryl methyl sites for hydroxylation is 1. The van der Waals surface area contributed by atoms with E-state index in [-0.39, 0.29) is 17.9 Å². The van der Waals surface area contributed by atoms with Crippen molar-refractivity contribution in [1.82, 2.24) is 0 Å². The molecule has 1 N–H and O–H groups in total. The fourth-order valence-corrected chi connectivity index (χ4v) is 6.09. The van der Waals surface area contributed by atoms with Crippen LogP contribution in [0.1, 0.15) is 49.7 Å². The van der Waals surface area contributed by atoms with Crippen molar-refractivity contribution in [3.05, 3.63) is 77.9 Å². The molecule has 1 saturated carbocycles. The van der Waals surface area contributed by atoms with Crippen LogP contribution in [0.25, 0.3) is 11.1 Å². The summed E-state index contributed by atoms with van der Waals surface area (Å²) in [6, 6.07) is 23.2. The molecule has 3 aromatic carbocycles. The van der Waals surface area contributed by atoms with E-state index in [0.29, 0.717) is 25.5 Å². The second-order valence-corrected chi connectivity index (χ2v) is 11.3. The number of aliphatic hydroxyl groups excluding tert-OH is 1. The molecule has 40 heavy (non-hydrogen) atoms. The predicted molar refractivity (Wildman–Crippen MR) is 161 cm³/mol. The summed E-state index contributed by atoms with van der Waals surface area (Å²) in [5.74, 6) is 0.970. The number of ether oxygens (including phenoxy) is 2. The number of benzene rings is 3. The number of amides is 1. The van der Waals surface area contributed by atoms with Crippen molar-refractivity contribution in [2.75, 3.05) is 37.1 Å². The van der Waals surface area contributed by atoms with Gasteiger partial charge in [0.15, 0.2) is 0 Å². The van der Waals surface area contributed by atoms with Crippen molar-refractivity contribution in [2.45, 2.75) is 64.2 Å². The lowest BCUT2D eigenvalue weighted by Crippen LogP contribution is -2.39. The summed E-state index contributed by atoms with van der Waals surface area (Å²) in [4.78, 5) is 18.3. The van der Waals surface area contributed by atoms with Crippen LogP contribution in [0.5, 0.6) is 5.75 Å². The van der Waals surface area contributed by atoms with Gasteiger partial charge < -0.3 is 24.4 Å². The van der Waals surface area contributed by atoms with Crippen molar-refractivity contribution < 1.29 is 19.4 Å². The van der Waals surface area contributed by atoms with Gasteiger partial charge in [-0.2, -0.15) is 0 Å². The van der Waals surface area contributed by atoms with Gasteiger partial charge in [-0.1, -0.05) is 36.4 Å². The Labute approximate surface area is 238 Å². The maximum atomic E-state index is 14.0. The molecule has 3 aromatic rings. The van der Waals surface area contributed by atoms with E-state index in [1.54, 1.807) is 14.2 Å². The Morgan fingerprint density at radius 1 is 0.900 bits per heavy atom. The van der Waals surface area contributed by atoms with Crippen molar-refractivity contribution in [3.8, 4) is 16.9 Å². The number of methoxy groups -OCH3 is 2. The van der Waals surface area contributed by atoms with Crippen LogP contribution in [0.4, 0.5) is 11.4 Å². The van der Waals surface area contributed by atoms with Crippen LogP contribution in [0.2, 0.25) is 0 Å². The number of nitrogens with zero attached hydrogens (tertiary/aromatic N) is 2. The van der Waals surface area contributed by atoms with Crippen molar-refractivity contribution in [1.29, 1.82) is 0 Å². The van der Waals surface area contributed by atoms with Crippen LogP contribution < -0.4 is 14.5 Å². The quantitative estimate of drug-likeness (QED) is 0.358. The van der Waals surface area contributed by atoms with E-state index in [1.807, 2.05) is 11.0 Å². The number of aliphatic hydroxyl groups is 1. The van der Waals surface area contributed by atoms with Crippen LogP contribution >= 0.6 is 0 Å². The molecule has 6 heteroatoms. The van der Waals surface area contributed by atoms with Crippen LogP contribution in [0.15, 0.2) is 66.7 Å². The van der Waals surface area contributed by atoms with Crippen LogP contribution in [-0.4, -0.2) is 50.5 Å². The van der Waals surface area contributed by atoms with Crippen LogP contribution in [-0.2, 0) is 16.1 Å². The normalized spacial score (nSPS) is 19.9. The minimum atomic E-state index is -0.287. The summed E-state index contributed by atoms with van der Waals surface area (Å²) in [5, 5.41) is 10.0. The Morgan fingerprint density at radius 3 is 2.25 bits per heavy atom. The number of rotatable bonds is 8. The van der Waals surface area contributed by atoms with Crippen molar-refractivity contribution >= 4 is 17.3 Å². The first-order valence-electron chi connectivity index (χ1n) is 14.6. The lowest BCUT2D eigenvalue weighted by molar-refractivity contribution is -0.124. The highest BCUT2D eigenvalue weighted by Gasteiger charge is 2.30. The summed E-state index contributed by atoms with van der Waals surface area (Å²) in [5.41, 5.74) is 6.54. The first kappa shape index (κ1) is 28.2. The number of hydrogen-bond donors (Lipinski definition) is 1. The maximum Gasteiger partial charge on any atom is 0.230 e. The van der Waals surface area contributed by atoms with Gasteiger partial charge in [-0.15, -0.1) is 0 Å². The highest BCUT2D eigenvalue weighted by atomic mass is 16.5. The topological polar surface area (TPSA) is 62.2 Å². The summed E-state index contributed by atoms with van der Waals surface area (Å²) in [6.45, 7) is 4.46. The monoisotopic (exact) mass is 542 g/mol. The zero-order valence-corrected chi connectivity index (χ0v) is 24.0. The molecular formula is C34H42N2O4. The molecule has 0 spiro atoms. The minimum Gasteiger partial charge on any atom is -0.496 e. The van der Waals surface area contributed by atoms with E-state index in [9.17, 15) is 9.90 Å². The van der Waals surface area contributed by atoms with E-state index in [0.717, 1.165) is 78.2 Å². The number of carbonyl (C=O) groups is 1. The summed E-state index contributed by atoms with van der Waals surface area (Å²) in [6.07, 6.45) is 4.90. The smallest absolute Gasteiger partial charge is 0.230 e. The van der Waals surface area contributed by atoms with Gasteiger partial charge in [0.2, 0.25) is 5.91 Å². The molecule has 1 aliphatic heterocycles. The van der Waals surface area contributed by atoms with Crippen molar-refractivity contribution in [2.24, 2.45) is 5.92 Å². The number of piperidine rings is 1. The second kappa shape index (κ2) is 12.9. The van der Waals surface area contributed by atoms with E-state index < -0.39 is 0 Å². The largest absolute Gasteiger partial charge is 0.496 e. The van der Waals surface area contributed by atoms with Gasteiger partial charge in [0.25, 0.3) is 0 Å². The molecule has 1 amide bonds. The molecule has 2 fully saturated rings.